The van der Waals surface area contributed by atoms with Gasteiger partial charge < -0.3 is 15.4 Å². The summed E-state index contributed by atoms with van der Waals surface area (Å²) < 4.78 is 9.03. The second kappa shape index (κ2) is 5.86. The fourth-order valence-electron chi connectivity index (χ4n) is 1.40. The molecule has 1 heterocycles. The summed E-state index contributed by atoms with van der Waals surface area (Å²) in [5.74, 6) is -0.150. The molecule has 0 aliphatic rings. The number of aromatic nitrogens is 1. The molecule has 0 aromatic carbocycles. The van der Waals surface area contributed by atoms with Gasteiger partial charge in [-0.1, -0.05) is 6.92 Å². The normalized spacial score (nSPS) is 12.2. The van der Waals surface area contributed by atoms with Gasteiger partial charge >= 0.3 is 5.97 Å². The summed E-state index contributed by atoms with van der Waals surface area (Å²) in [7, 11) is 1.93. The number of hydrogen-bond acceptors (Lipinski definition) is 6. The molecular formula is C11H19N3O2S. The summed E-state index contributed by atoms with van der Waals surface area (Å²) in [5, 5.41) is 0.773. The van der Waals surface area contributed by atoms with Crippen LogP contribution in [0.5, 0.6) is 0 Å². The van der Waals surface area contributed by atoms with Gasteiger partial charge in [0, 0.05) is 13.1 Å². The Balaban J connectivity index is 3.05. The predicted octanol–water partition coefficient (Wildman–Crippen LogP) is 2.14. The Morgan fingerprint density at radius 1 is 1.59 bits per heavy atom. The monoisotopic (exact) mass is 257 g/mol. The molecule has 1 aromatic rings. The van der Waals surface area contributed by atoms with E-state index in [4.69, 9.17) is 10.5 Å². The first-order chi connectivity index (χ1) is 8.02. The van der Waals surface area contributed by atoms with E-state index < -0.39 is 5.97 Å². The van der Waals surface area contributed by atoms with Crippen molar-refractivity contribution in [1.82, 2.24) is 4.37 Å². The van der Waals surface area contributed by atoms with Crippen LogP contribution in [0.25, 0.3) is 0 Å². The van der Waals surface area contributed by atoms with Gasteiger partial charge in [-0.3, -0.25) is 0 Å². The third kappa shape index (κ3) is 2.88. The fourth-order valence-corrected chi connectivity index (χ4v) is 2.27. The van der Waals surface area contributed by atoms with E-state index in [1.54, 1.807) is 6.92 Å². The van der Waals surface area contributed by atoms with Gasteiger partial charge in [0.25, 0.3) is 0 Å². The lowest BCUT2D eigenvalue weighted by Crippen LogP contribution is -2.28. The standard InChI is InChI=1S/C11H19N3O2S/c1-5-7(3)14(4)10-8(9(12)13-17-10)11(15)16-6-2/h7H,5-6H2,1-4H3,(H2,12,13). The van der Waals surface area contributed by atoms with Crippen molar-refractivity contribution < 1.29 is 9.53 Å². The summed E-state index contributed by atoms with van der Waals surface area (Å²) in [4.78, 5) is 13.8. The van der Waals surface area contributed by atoms with Crippen molar-refractivity contribution in [3.63, 3.8) is 0 Å². The smallest absolute Gasteiger partial charge is 0.345 e. The van der Waals surface area contributed by atoms with Crippen molar-refractivity contribution in [2.75, 3.05) is 24.3 Å². The second-order valence-corrected chi connectivity index (χ2v) is 4.59. The van der Waals surface area contributed by atoms with Crippen LogP contribution in [0.1, 0.15) is 37.6 Å². The van der Waals surface area contributed by atoms with Crippen LogP contribution in [-0.2, 0) is 4.74 Å². The third-order valence-electron chi connectivity index (χ3n) is 2.75. The molecular weight excluding hydrogens is 238 g/mol. The summed E-state index contributed by atoms with van der Waals surface area (Å²) in [6, 6.07) is 0.322. The number of anilines is 2. The van der Waals surface area contributed by atoms with Gasteiger partial charge in [0.1, 0.15) is 10.6 Å². The minimum Gasteiger partial charge on any atom is -0.462 e. The molecule has 17 heavy (non-hydrogen) atoms. The number of hydrogen-bond donors (Lipinski definition) is 1. The van der Waals surface area contributed by atoms with Crippen LogP contribution in [0.4, 0.5) is 10.8 Å². The summed E-state index contributed by atoms with van der Waals surface area (Å²) in [6.45, 7) is 6.28. The van der Waals surface area contributed by atoms with Crippen LogP contribution < -0.4 is 10.6 Å². The first-order valence-corrected chi connectivity index (χ1v) is 6.45. The molecule has 0 fully saturated rings. The van der Waals surface area contributed by atoms with E-state index in [0.717, 1.165) is 11.4 Å². The molecule has 2 N–H and O–H groups in total. The van der Waals surface area contributed by atoms with E-state index >= 15 is 0 Å². The molecule has 6 heteroatoms. The summed E-state index contributed by atoms with van der Waals surface area (Å²) >= 11 is 1.23. The molecule has 0 aliphatic carbocycles. The Kier molecular flexibility index (Phi) is 4.74. The molecule has 96 valence electrons. The highest BCUT2D eigenvalue weighted by Gasteiger charge is 2.24. The molecule has 0 saturated heterocycles. The number of carbonyl (C=O) groups excluding carboxylic acids is 1. The Morgan fingerprint density at radius 3 is 2.76 bits per heavy atom. The molecule has 0 spiro atoms. The highest BCUT2D eigenvalue weighted by Crippen LogP contribution is 2.31. The molecule has 0 radical (unpaired) electrons. The number of ether oxygens (including phenoxy) is 1. The van der Waals surface area contributed by atoms with Crippen molar-refractivity contribution in [2.24, 2.45) is 0 Å². The van der Waals surface area contributed by atoms with E-state index in [2.05, 4.69) is 18.2 Å². The van der Waals surface area contributed by atoms with Crippen molar-refractivity contribution in [2.45, 2.75) is 33.2 Å². The summed E-state index contributed by atoms with van der Waals surface area (Å²) in [6.07, 6.45) is 0.983. The molecule has 0 saturated carbocycles. The van der Waals surface area contributed by atoms with Gasteiger partial charge in [0.15, 0.2) is 5.82 Å². The number of nitrogens with two attached hydrogens (primary N) is 1. The lowest BCUT2D eigenvalue weighted by atomic mass is 10.2. The number of nitrogen functional groups attached to an aromatic ring is 1. The van der Waals surface area contributed by atoms with Crippen LogP contribution >= 0.6 is 11.5 Å². The number of esters is 1. The number of carbonyl (C=O) groups is 1. The minimum absolute atomic E-state index is 0.249. The van der Waals surface area contributed by atoms with E-state index in [1.807, 2.05) is 11.9 Å². The lowest BCUT2D eigenvalue weighted by molar-refractivity contribution is 0.0528. The molecule has 5 nitrogen and oxygen atoms in total. The molecule has 1 atom stereocenters. The van der Waals surface area contributed by atoms with E-state index in [0.29, 0.717) is 18.2 Å². The second-order valence-electron chi connectivity index (χ2n) is 3.84. The third-order valence-corrected chi connectivity index (χ3v) is 3.71. The maximum absolute atomic E-state index is 11.8. The number of nitrogens with zero attached hydrogens (tertiary/aromatic N) is 2. The van der Waals surface area contributed by atoms with Crippen LogP contribution in [0.2, 0.25) is 0 Å². The molecule has 0 amide bonds. The molecule has 1 rings (SSSR count). The van der Waals surface area contributed by atoms with Crippen LogP contribution in [-0.4, -0.2) is 30.0 Å². The first kappa shape index (κ1) is 13.8. The van der Waals surface area contributed by atoms with E-state index in [1.165, 1.54) is 11.5 Å². The van der Waals surface area contributed by atoms with Gasteiger partial charge in [-0.05, 0) is 31.8 Å². The zero-order valence-electron chi connectivity index (χ0n) is 10.7. The molecule has 1 unspecified atom stereocenters. The minimum atomic E-state index is -0.399. The Labute approximate surface area is 106 Å². The lowest BCUT2D eigenvalue weighted by Gasteiger charge is -2.24. The van der Waals surface area contributed by atoms with Gasteiger partial charge in [-0.25, -0.2) is 4.79 Å². The maximum Gasteiger partial charge on any atom is 0.345 e. The van der Waals surface area contributed by atoms with Gasteiger partial charge in [-0.15, -0.1) is 0 Å². The molecule has 1 aromatic heterocycles. The molecule has 0 bridgehead atoms. The van der Waals surface area contributed by atoms with Crippen molar-refractivity contribution in [3.05, 3.63) is 5.56 Å². The Bertz CT molecular complexity index is 392. The highest BCUT2D eigenvalue weighted by molar-refractivity contribution is 7.11. The fraction of sp³-hybridized carbons (Fsp3) is 0.636. The predicted molar refractivity (Wildman–Crippen MR) is 70.6 cm³/mol. The Hall–Kier alpha value is -1.30. The van der Waals surface area contributed by atoms with Crippen LogP contribution in [0.15, 0.2) is 0 Å². The zero-order chi connectivity index (χ0) is 13.0. The van der Waals surface area contributed by atoms with E-state index in [-0.39, 0.29) is 5.82 Å². The highest BCUT2D eigenvalue weighted by atomic mass is 32.1. The number of rotatable bonds is 5. The van der Waals surface area contributed by atoms with Crippen LogP contribution in [0.3, 0.4) is 0 Å². The average Bonchev–Trinajstić information content (AvgIpc) is 2.69. The topological polar surface area (TPSA) is 68.5 Å². The van der Waals surface area contributed by atoms with E-state index in [9.17, 15) is 4.79 Å². The zero-order valence-corrected chi connectivity index (χ0v) is 11.5. The van der Waals surface area contributed by atoms with Gasteiger partial charge in [0.2, 0.25) is 0 Å². The van der Waals surface area contributed by atoms with Gasteiger partial charge in [-0.2, -0.15) is 4.37 Å². The largest absolute Gasteiger partial charge is 0.462 e. The summed E-state index contributed by atoms with van der Waals surface area (Å²) in [5.41, 5.74) is 6.11. The van der Waals surface area contributed by atoms with Crippen molar-refractivity contribution in [1.29, 1.82) is 0 Å². The first-order valence-electron chi connectivity index (χ1n) is 5.67. The Morgan fingerprint density at radius 2 is 2.24 bits per heavy atom. The van der Waals surface area contributed by atoms with Crippen molar-refractivity contribution >= 4 is 28.3 Å². The quantitative estimate of drug-likeness (QED) is 0.818. The average molecular weight is 257 g/mol. The van der Waals surface area contributed by atoms with Crippen LogP contribution in [0, 0.1) is 0 Å². The maximum atomic E-state index is 11.8. The van der Waals surface area contributed by atoms with Gasteiger partial charge in [0.05, 0.1) is 6.61 Å². The molecule has 0 aliphatic heterocycles. The van der Waals surface area contributed by atoms with Crippen molar-refractivity contribution in [3.8, 4) is 0 Å². The SMILES string of the molecule is CCOC(=O)c1c(N)nsc1N(C)C(C)CC.